The van der Waals surface area contributed by atoms with E-state index in [0.29, 0.717) is 18.7 Å². The quantitative estimate of drug-likeness (QED) is 0.104. The minimum atomic E-state index is -3.33. The Morgan fingerprint density at radius 2 is 0.652 bits per heavy atom. The Labute approximate surface area is 284 Å². The zero-order valence-electron chi connectivity index (χ0n) is 25.7. The summed E-state index contributed by atoms with van der Waals surface area (Å²) in [4.78, 5) is 0. The summed E-state index contributed by atoms with van der Waals surface area (Å²) in [6, 6.07) is 65.2. The van der Waals surface area contributed by atoms with Crippen LogP contribution < -0.4 is 31.8 Å². The predicted molar refractivity (Wildman–Crippen MR) is 208 cm³/mol. The van der Waals surface area contributed by atoms with Crippen molar-refractivity contribution in [2.45, 2.75) is 23.3 Å². The molecule has 1 unspecified atom stereocenters. The molecule has 1 atom stereocenters. The van der Waals surface area contributed by atoms with E-state index >= 15 is 0 Å². The fourth-order valence-corrected chi connectivity index (χ4v) is 24.9. The summed E-state index contributed by atoms with van der Waals surface area (Å²) in [6.45, 7) is 0. The molecule has 0 aromatic heterocycles. The number of aliphatic hydroxyl groups excluding tert-OH is 1. The Morgan fingerprint density at radius 3 is 0.848 bits per heavy atom. The first kappa shape index (κ1) is 32.7. The first-order valence-electron chi connectivity index (χ1n) is 15.8. The Balaban J connectivity index is 1.91. The predicted octanol–water partition coefficient (Wildman–Crippen LogP) is 7.71. The first-order chi connectivity index (χ1) is 22.6. The van der Waals surface area contributed by atoms with Gasteiger partial charge in [0.2, 0.25) is 0 Å². The minimum absolute atomic E-state index is 0.348. The second-order valence-electron chi connectivity index (χ2n) is 11.8. The first-order valence-corrected chi connectivity index (χ1v) is 20.8. The van der Waals surface area contributed by atoms with E-state index in [1.807, 2.05) is 0 Å². The van der Waals surface area contributed by atoms with Gasteiger partial charge >= 0.3 is 286 Å². The Bertz CT molecular complexity index is 1470. The van der Waals surface area contributed by atoms with E-state index in [1.54, 1.807) is 0 Å². The van der Waals surface area contributed by atoms with Gasteiger partial charge in [-0.25, -0.2) is 0 Å². The van der Waals surface area contributed by atoms with Crippen LogP contribution in [0.25, 0.3) is 0 Å². The molecular formula is C41H40Cl2OP2. The van der Waals surface area contributed by atoms with E-state index in [0.717, 1.165) is 0 Å². The van der Waals surface area contributed by atoms with Crippen molar-refractivity contribution in [1.29, 1.82) is 0 Å². The molecule has 0 heterocycles. The number of halogens is 2. The van der Waals surface area contributed by atoms with Gasteiger partial charge in [-0.15, -0.1) is 0 Å². The maximum absolute atomic E-state index is 12.1. The number of hydrogen-bond acceptors (Lipinski definition) is 1. The fraction of sp³-hybridized carbons (Fsp3) is 0.122. The molecule has 1 N–H and O–H groups in total. The van der Waals surface area contributed by atoms with Gasteiger partial charge in [0.05, 0.1) is 0 Å². The fourth-order valence-electron chi connectivity index (χ4n) is 7.64. The molecule has 0 fully saturated rings. The third-order valence-corrected chi connectivity index (χ3v) is 23.7. The summed E-state index contributed by atoms with van der Waals surface area (Å²) >= 11 is 15.4. The van der Waals surface area contributed by atoms with Crippen molar-refractivity contribution in [2.75, 3.05) is 5.88 Å². The van der Waals surface area contributed by atoms with Gasteiger partial charge in [0, 0.05) is 0 Å². The van der Waals surface area contributed by atoms with Crippen LogP contribution in [0, 0.1) is 0 Å². The van der Waals surface area contributed by atoms with E-state index < -0.39 is 25.0 Å². The average molecular weight is 682 g/mol. The third kappa shape index (κ3) is 5.64. The molecule has 0 bridgehead atoms. The van der Waals surface area contributed by atoms with E-state index in [1.165, 1.54) is 31.8 Å². The van der Waals surface area contributed by atoms with Crippen molar-refractivity contribution in [3.63, 3.8) is 0 Å². The van der Waals surface area contributed by atoms with E-state index in [2.05, 4.69) is 182 Å². The van der Waals surface area contributed by atoms with Crippen LogP contribution in [0.15, 0.2) is 182 Å². The molecule has 6 rings (SSSR count). The van der Waals surface area contributed by atoms with Gasteiger partial charge in [0.15, 0.2) is 0 Å². The van der Waals surface area contributed by atoms with Crippen LogP contribution in [0.1, 0.15) is 12.8 Å². The molecule has 0 saturated heterocycles. The molecule has 234 valence electrons. The Hall–Kier alpha value is -3.28. The summed E-state index contributed by atoms with van der Waals surface area (Å²) in [5, 5.41) is 19.3. The van der Waals surface area contributed by atoms with Gasteiger partial charge in [-0.2, -0.15) is 0 Å². The summed E-state index contributed by atoms with van der Waals surface area (Å²) in [5.41, 5.74) is 0. The molecule has 46 heavy (non-hydrogen) atoms. The second-order valence-corrected chi connectivity index (χ2v) is 22.2. The van der Waals surface area contributed by atoms with Gasteiger partial charge in [-0.05, 0) is 0 Å². The Kier molecular flexibility index (Phi) is 10.4. The molecular weight excluding hydrogens is 641 g/mol. The SMILES string of the molecule is OC(CCCl)CC(Cl)([PH](c1ccccc1)(c1ccccc1)c1ccccc1)[PH](c1ccccc1)(c1ccccc1)c1ccccc1. The van der Waals surface area contributed by atoms with Crippen LogP contribution in [-0.4, -0.2) is 21.4 Å². The number of rotatable bonds is 12. The van der Waals surface area contributed by atoms with E-state index in [-0.39, 0.29) is 0 Å². The van der Waals surface area contributed by atoms with Gasteiger partial charge in [-0.3, -0.25) is 0 Å². The summed E-state index contributed by atoms with van der Waals surface area (Å²) < 4.78 is -0.987. The van der Waals surface area contributed by atoms with Gasteiger partial charge in [0.1, 0.15) is 0 Å². The molecule has 0 aliphatic heterocycles. The standard InChI is InChI=1S/C41H40Cl2OP2/c42-32-31-34(44)33-41(43,45(35-19-7-1-8-20-35,36-21-9-2-10-22-36)37-23-11-3-12-24-37)46(38-25-13-4-14-26-38,39-27-15-5-16-28-39)40-29-17-6-18-30-40/h1-30,34,44-46H,31-33H2. The second kappa shape index (κ2) is 14.6. The molecule has 1 nitrogen and oxygen atoms in total. The third-order valence-electron chi connectivity index (χ3n) is 9.39. The van der Waals surface area contributed by atoms with E-state index in [4.69, 9.17) is 23.2 Å². The van der Waals surface area contributed by atoms with Crippen molar-refractivity contribution in [2.24, 2.45) is 0 Å². The molecule has 5 heteroatoms. The maximum atomic E-state index is 12.1. The number of benzene rings is 6. The zero-order chi connectivity index (χ0) is 31.9. The van der Waals surface area contributed by atoms with Crippen LogP contribution >= 0.6 is 37.7 Å². The molecule has 0 radical (unpaired) electrons. The molecule has 0 aliphatic rings. The van der Waals surface area contributed by atoms with Crippen molar-refractivity contribution in [3.05, 3.63) is 182 Å². The molecule has 6 aromatic rings. The van der Waals surface area contributed by atoms with Crippen molar-refractivity contribution in [3.8, 4) is 0 Å². The van der Waals surface area contributed by atoms with Crippen LogP contribution in [-0.2, 0) is 0 Å². The molecule has 6 aromatic carbocycles. The molecule has 0 spiro atoms. The van der Waals surface area contributed by atoms with Crippen molar-refractivity contribution >= 4 is 69.6 Å². The van der Waals surface area contributed by atoms with E-state index in [9.17, 15) is 5.11 Å². The van der Waals surface area contributed by atoms with Gasteiger partial charge in [-0.1, -0.05) is 0 Å². The summed E-state index contributed by atoms with van der Waals surface area (Å²) in [7, 11) is -6.66. The summed E-state index contributed by atoms with van der Waals surface area (Å²) in [6.07, 6.45) is 0.0831. The zero-order valence-corrected chi connectivity index (χ0v) is 29.2. The van der Waals surface area contributed by atoms with Crippen LogP contribution in [0.2, 0.25) is 0 Å². The van der Waals surface area contributed by atoms with Crippen LogP contribution in [0.5, 0.6) is 0 Å². The van der Waals surface area contributed by atoms with Crippen molar-refractivity contribution in [1.82, 2.24) is 0 Å². The summed E-state index contributed by atoms with van der Waals surface area (Å²) in [5.74, 6) is 0.348. The van der Waals surface area contributed by atoms with Gasteiger partial charge in [0.25, 0.3) is 0 Å². The normalized spacial score (nSPS) is 14.6. The molecule has 0 aliphatic carbocycles. The molecule has 0 saturated carbocycles. The number of hydrogen-bond donors (Lipinski definition) is 1. The van der Waals surface area contributed by atoms with Gasteiger partial charge < -0.3 is 0 Å². The number of aliphatic hydroxyl groups is 1. The van der Waals surface area contributed by atoms with Crippen LogP contribution in [0.3, 0.4) is 0 Å². The van der Waals surface area contributed by atoms with Crippen molar-refractivity contribution < 1.29 is 5.11 Å². The Morgan fingerprint density at radius 1 is 0.435 bits per heavy atom. The number of alkyl halides is 2. The average Bonchev–Trinajstić information content (AvgIpc) is 3.12. The molecule has 0 amide bonds. The van der Waals surface area contributed by atoms with Crippen LogP contribution in [0.4, 0.5) is 0 Å². The monoisotopic (exact) mass is 680 g/mol. The topological polar surface area (TPSA) is 20.2 Å².